The third-order valence-corrected chi connectivity index (χ3v) is 5.91. The summed E-state index contributed by atoms with van der Waals surface area (Å²) in [6, 6.07) is 0. The number of carbonyl (C=O) groups is 1. The highest BCUT2D eigenvalue weighted by Gasteiger charge is 2.36. The van der Waals surface area contributed by atoms with Crippen molar-refractivity contribution in [2.75, 3.05) is 45.4 Å². The van der Waals surface area contributed by atoms with Crippen LogP contribution < -0.4 is 16.1 Å². The van der Waals surface area contributed by atoms with Crippen LogP contribution in [-0.2, 0) is 36.7 Å². The largest absolute Gasteiger partial charge is 0.377 e. The van der Waals surface area contributed by atoms with Crippen LogP contribution in [0.25, 0.3) is 11.2 Å². The maximum Gasteiger partial charge on any atom is 0.332 e. The van der Waals surface area contributed by atoms with Gasteiger partial charge in [-0.25, -0.2) is 14.8 Å². The molecule has 34 heavy (non-hydrogen) atoms. The molecule has 4 rings (SSSR count). The molecular weight excluding hydrogens is 448 g/mol. The van der Waals surface area contributed by atoms with Gasteiger partial charge in [0.15, 0.2) is 22.7 Å². The van der Waals surface area contributed by atoms with E-state index in [0.717, 1.165) is 4.57 Å². The average molecular weight is 476 g/mol. The van der Waals surface area contributed by atoms with Crippen molar-refractivity contribution in [2.45, 2.75) is 19.4 Å². The molecule has 1 unspecified atom stereocenters. The van der Waals surface area contributed by atoms with Gasteiger partial charge in [0.05, 0.1) is 39.1 Å². The maximum absolute atomic E-state index is 12.5. The van der Waals surface area contributed by atoms with Crippen molar-refractivity contribution in [2.24, 2.45) is 14.1 Å². The van der Waals surface area contributed by atoms with Gasteiger partial charge in [0.25, 0.3) is 11.5 Å². The fourth-order valence-electron chi connectivity index (χ4n) is 3.87. The van der Waals surface area contributed by atoms with Crippen molar-refractivity contribution in [1.82, 2.24) is 33.1 Å². The van der Waals surface area contributed by atoms with Gasteiger partial charge in [-0.15, -0.1) is 0 Å². The lowest BCUT2D eigenvalue weighted by molar-refractivity contribution is 0.0147. The SMILES string of the molecule is CN1C(=O)c2c(ncn2CCOCCOCCn2cnc3c2c(=O)n(C)c(=O)n3C)N(C)C1O. The minimum absolute atomic E-state index is 0.302. The summed E-state index contributed by atoms with van der Waals surface area (Å²) in [6.07, 6.45) is 2.03. The van der Waals surface area contributed by atoms with Crippen molar-refractivity contribution >= 4 is 22.9 Å². The van der Waals surface area contributed by atoms with Crippen LogP contribution in [0.15, 0.2) is 22.2 Å². The minimum atomic E-state index is -1.05. The molecule has 1 aliphatic heterocycles. The van der Waals surface area contributed by atoms with Crippen molar-refractivity contribution in [1.29, 1.82) is 0 Å². The van der Waals surface area contributed by atoms with Crippen LogP contribution in [-0.4, -0.2) is 91.0 Å². The van der Waals surface area contributed by atoms with E-state index >= 15 is 0 Å². The lowest BCUT2D eigenvalue weighted by Gasteiger charge is -2.36. The van der Waals surface area contributed by atoms with E-state index < -0.39 is 17.6 Å². The number of fused-ring (bicyclic) bond motifs is 2. The summed E-state index contributed by atoms with van der Waals surface area (Å²) in [5, 5.41) is 10.1. The molecule has 1 amide bonds. The smallest absolute Gasteiger partial charge is 0.332 e. The molecule has 0 bridgehead atoms. The van der Waals surface area contributed by atoms with Gasteiger partial charge in [0.2, 0.25) is 6.35 Å². The predicted molar refractivity (Wildman–Crippen MR) is 121 cm³/mol. The molecule has 3 aromatic heterocycles. The molecule has 0 saturated carbocycles. The molecule has 0 aromatic carbocycles. The summed E-state index contributed by atoms with van der Waals surface area (Å²) in [4.78, 5) is 48.1. The summed E-state index contributed by atoms with van der Waals surface area (Å²) in [5.74, 6) is 0.129. The van der Waals surface area contributed by atoms with Gasteiger partial charge in [-0.05, 0) is 0 Å². The zero-order valence-corrected chi connectivity index (χ0v) is 19.5. The fourth-order valence-corrected chi connectivity index (χ4v) is 3.87. The van der Waals surface area contributed by atoms with Crippen LogP contribution in [0.2, 0.25) is 0 Å². The molecule has 184 valence electrons. The first-order valence-corrected chi connectivity index (χ1v) is 10.7. The molecular formula is C20H28N8O6. The number of aliphatic hydroxyl groups is 1. The van der Waals surface area contributed by atoms with Gasteiger partial charge < -0.3 is 28.6 Å². The summed E-state index contributed by atoms with van der Waals surface area (Å²) in [7, 11) is 6.21. The van der Waals surface area contributed by atoms with Gasteiger partial charge in [0, 0.05) is 41.3 Å². The highest BCUT2D eigenvalue weighted by molar-refractivity contribution is 5.99. The van der Waals surface area contributed by atoms with Gasteiger partial charge in [-0.3, -0.25) is 23.6 Å². The van der Waals surface area contributed by atoms with E-state index in [1.165, 1.54) is 34.8 Å². The number of imidazole rings is 2. The molecule has 14 heteroatoms. The van der Waals surface area contributed by atoms with Gasteiger partial charge in [-0.1, -0.05) is 0 Å². The molecule has 4 heterocycles. The molecule has 1 aliphatic rings. The van der Waals surface area contributed by atoms with Crippen LogP contribution in [0, 0.1) is 0 Å². The third-order valence-electron chi connectivity index (χ3n) is 5.91. The third kappa shape index (κ3) is 3.99. The fraction of sp³-hybridized carbons (Fsp3) is 0.550. The number of hydrogen-bond acceptors (Lipinski definition) is 9. The maximum atomic E-state index is 12.5. The van der Waals surface area contributed by atoms with E-state index in [4.69, 9.17) is 9.47 Å². The van der Waals surface area contributed by atoms with Gasteiger partial charge in [-0.2, -0.15) is 0 Å². The van der Waals surface area contributed by atoms with E-state index in [1.807, 2.05) is 0 Å². The Kier molecular flexibility index (Phi) is 6.54. The Morgan fingerprint density at radius 3 is 2.15 bits per heavy atom. The normalized spacial score (nSPS) is 16.0. The second-order valence-electron chi connectivity index (χ2n) is 8.02. The number of hydrogen-bond donors (Lipinski definition) is 1. The first kappa shape index (κ1) is 23.7. The highest BCUT2D eigenvalue weighted by atomic mass is 16.5. The number of ether oxygens (including phenoxy) is 2. The summed E-state index contributed by atoms with van der Waals surface area (Å²) in [6.45, 7) is 2.22. The van der Waals surface area contributed by atoms with E-state index in [1.54, 1.807) is 29.6 Å². The van der Waals surface area contributed by atoms with Crippen molar-refractivity contribution in [3.8, 4) is 0 Å². The summed E-state index contributed by atoms with van der Waals surface area (Å²) < 4.78 is 17.0. The van der Waals surface area contributed by atoms with E-state index in [9.17, 15) is 19.5 Å². The standard InChI is InChI=1S/C20H28N8O6/c1-23-15-13(17(29)25(3)19(23)31)27(11-21-15)5-7-33-9-10-34-8-6-28-12-22-16-14(28)18(30)26(4)20(32)24(16)2/h11-12,19,31H,5-10H2,1-4H3. The number of anilines is 1. The van der Waals surface area contributed by atoms with Crippen LogP contribution >= 0.6 is 0 Å². The topological polar surface area (TPSA) is 142 Å². The monoisotopic (exact) mass is 476 g/mol. The molecule has 3 aromatic rings. The number of carbonyl (C=O) groups excluding carboxylic acids is 1. The molecule has 0 spiro atoms. The lowest BCUT2D eigenvalue weighted by Crippen LogP contribution is -2.52. The zero-order valence-electron chi connectivity index (χ0n) is 19.5. The summed E-state index contributed by atoms with van der Waals surface area (Å²) in [5.41, 5.74) is 0.278. The van der Waals surface area contributed by atoms with E-state index in [0.29, 0.717) is 62.2 Å². The zero-order chi connectivity index (χ0) is 24.6. The molecule has 14 nitrogen and oxygen atoms in total. The lowest BCUT2D eigenvalue weighted by atomic mass is 10.3. The van der Waals surface area contributed by atoms with Crippen LogP contribution in [0.3, 0.4) is 0 Å². The molecule has 0 aliphatic carbocycles. The Bertz CT molecular complexity index is 1320. The van der Waals surface area contributed by atoms with Crippen molar-refractivity contribution < 1.29 is 19.4 Å². The Morgan fingerprint density at radius 1 is 0.853 bits per heavy atom. The Balaban J connectivity index is 1.23. The van der Waals surface area contributed by atoms with E-state index in [2.05, 4.69) is 9.97 Å². The minimum Gasteiger partial charge on any atom is -0.377 e. The van der Waals surface area contributed by atoms with E-state index in [-0.39, 0.29) is 5.91 Å². The molecule has 1 atom stereocenters. The van der Waals surface area contributed by atoms with Crippen LogP contribution in [0.1, 0.15) is 10.5 Å². The number of aromatic nitrogens is 6. The Morgan fingerprint density at radius 2 is 1.47 bits per heavy atom. The number of rotatable bonds is 9. The van der Waals surface area contributed by atoms with Gasteiger partial charge in [0.1, 0.15) is 0 Å². The van der Waals surface area contributed by atoms with Crippen molar-refractivity contribution in [3.63, 3.8) is 0 Å². The molecule has 0 fully saturated rings. The Labute approximate surface area is 194 Å². The van der Waals surface area contributed by atoms with Crippen LogP contribution in [0.4, 0.5) is 5.82 Å². The predicted octanol–water partition coefficient (Wildman–Crippen LogP) is -1.84. The number of aliphatic hydroxyl groups excluding tert-OH is 1. The second-order valence-corrected chi connectivity index (χ2v) is 8.02. The van der Waals surface area contributed by atoms with Crippen molar-refractivity contribution in [3.05, 3.63) is 39.2 Å². The van der Waals surface area contributed by atoms with Gasteiger partial charge >= 0.3 is 5.69 Å². The first-order valence-electron chi connectivity index (χ1n) is 10.7. The van der Waals surface area contributed by atoms with Crippen LogP contribution in [0.5, 0.6) is 0 Å². The highest BCUT2D eigenvalue weighted by Crippen LogP contribution is 2.26. The molecule has 1 N–H and O–H groups in total. The number of amides is 1. The molecule has 0 radical (unpaired) electrons. The first-order chi connectivity index (χ1) is 16.2. The Hall–Kier alpha value is -3.49. The summed E-state index contributed by atoms with van der Waals surface area (Å²) >= 11 is 0. The molecule has 0 saturated heterocycles. The number of nitrogens with zero attached hydrogens (tertiary/aromatic N) is 8. The number of aryl methyl sites for hydroxylation is 1. The quantitative estimate of drug-likeness (QED) is 0.353. The average Bonchev–Trinajstić information content (AvgIpc) is 3.45. The second kappa shape index (κ2) is 9.40.